The fourth-order valence-electron chi connectivity index (χ4n) is 2.11. The van der Waals surface area contributed by atoms with Gasteiger partial charge >= 0.3 is 0 Å². The minimum absolute atomic E-state index is 0.202. The van der Waals surface area contributed by atoms with E-state index in [-0.39, 0.29) is 5.52 Å². The summed E-state index contributed by atoms with van der Waals surface area (Å²) in [4.78, 5) is 2.78. The number of aryl methyl sites for hydroxylation is 1. The third kappa shape index (κ3) is 2.09. The van der Waals surface area contributed by atoms with Crippen molar-refractivity contribution in [2.45, 2.75) is 6.92 Å². The van der Waals surface area contributed by atoms with E-state index in [1.54, 1.807) is 4.57 Å². The van der Waals surface area contributed by atoms with Crippen LogP contribution in [-0.2, 0) is 0 Å². The Morgan fingerprint density at radius 2 is 1.95 bits per heavy atom. The monoisotopic (exact) mass is 354 g/mol. The Kier molecular flexibility index (Phi) is 3.22. The van der Waals surface area contributed by atoms with Crippen molar-refractivity contribution >= 4 is 39.2 Å². The van der Waals surface area contributed by atoms with E-state index in [1.807, 2.05) is 25.1 Å². The first-order valence-electron chi connectivity index (χ1n) is 5.83. The SMILES string of the molecule is Cc1ccc(-n2c(=S)[nH]c3c(F)cc(F)cc32)cc1Br. The average molecular weight is 355 g/mol. The molecule has 1 heterocycles. The molecule has 0 unspecified atom stereocenters. The van der Waals surface area contributed by atoms with Gasteiger partial charge in [0.1, 0.15) is 11.3 Å². The minimum Gasteiger partial charge on any atom is -0.328 e. The van der Waals surface area contributed by atoms with E-state index < -0.39 is 11.6 Å². The zero-order valence-electron chi connectivity index (χ0n) is 10.4. The van der Waals surface area contributed by atoms with Gasteiger partial charge in [-0.3, -0.25) is 4.57 Å². The fraction of sp³-hybridized carbons (Fsp3) is 0.0714. The highest BCUT2D eigenvalue weighted by atomic mass is 79.9. The van der Waals surface area contributed by atoms with E-state index >= 15 is 0 Å². The summed E-state index contributed by atoms with van der Waals surface area (Å²) in [5.41, 5.74) is 2.39. The molecule has 0 radical (unpaired) electrons. The number of aromatic amines is 1. The minimum atomic E-state index is -0.656. The smallest absolute Gasteiger partial charge is 0.182 e. The summed E-state index contributed by atoms with van der Waals surface area (Å²) in [6, 6.07) is 7.73. The van der Waals surface area contributed by atoms with Crippen LogP contribution in [0.4, 0.5) is 8.78 Å². The molecular weight excluding hydrogens is 346 g/mol. The second-order valence-electron chi connectivity index (χ2n) is 4.48. The second kappa shape index (κ2) is 4.79. The lowest BCUT2D eigenvalue weighted by Crippen LogP contribution is -1.95. The number of H-pyrrole nitrogens is 1. The predicted octanol–water partition coefficient (Wildman–Crippen LogP) is 5.04. The first-order valence-corrected chi connectivity index (χ1v) is 7.04. The van der Waals surface area contributed by atoms with Gasteiger partial charge < -0.3 is 4.98 Å². The highest BCUT2D eigenvalue weighted by Gasteiger charge is 2.12. The van der Waals surface area contributed by atoms with Crippen LogP contribution < -0.4 is 0 Å². The number of rotatable bonds is 1. The molecule has 20 heavy (non-hydrogen) atoms. The largest absolute Gasteiger partial charge is 0.328 e. The molecule has 0 fully saturated rings. The number of aromatic nitrogens is 2. The van der Waals surface area contributed by atoms with Gasteiger partial charge in [0, 0.05) is 22.3 Å². The maximum Gasteiger partial charge on any atom is 0.182 e. The summed E-state index contributed by atoms with van der Waals surface area (Å²) in [6.45, 7) is 1.96. The molecule has 2 nitrogen and oxygen atoms in total. The molecule has 6 heteroatoms. The molecular formula is C14H9BrF2N2S. The molecule has 0 atom stereocenters. The lowest BCUT2D eigenvalue weighted by molar-refractivity contribution is 0.590. The zero-order valence-corrected chi connectivity index (χ0v) is 12.8. The van der Waals surface area contributed by atoms with Crippen LogP contribution >= 0.6 is 28.1 Å². The second-order valence-corrected chi connectivity index (χ2v) is 5.72. The first-order chi connectivity index (χ1) is 9.47. The van der Waals surface area contributed by atoms with Gasteiger partial charge in [-0.2, -0.15) is 0 Å². The van der Waals surface area contributed by atoms with Crippen LogP contribution in [0.2, 0.25) is 0 Å². The molecule has 3 rings (SSSR count). The lowest BCUT2D eigenvalue weighted by Gasteiger charge is -2.07. The third-order valence-electron chi connectivity index (χ3n) is 3.12. The van der Waals surface area contributed by atoms with Gasteiger partial charge in [0.15, 0.2) is 10.6 Å². The van der Waals surface area contributed by atoms with Crippen molar-refractivity contribution in [2.24, 2.45) is 0 Å². The van der Waals surface area contributed by atoms with Crippen molar-refractivity contribution in [1.29, 1.82) is 0 Å². The molecule has 3 aromatic rings. The number of halogens is 3. The summed E-state index contributed by atoms with van der Waals surface area (Å²) in [5.74, 6) is -1.29. The number of benzene rings is 2. The van der Waals surface area contributed by atoms with Gasteiger partial charge in [-0.15, -0.1) is 0 Å². The highest BCUT2D eigenvalue weighted by molar-refractivity contribution is 9.10. The van der Waals surface area contributed by atoms with Crippen LogP contribution in [-0.4, -0.2) is 9.55 Å². The lowest BCUT2D eigenvalue weighted by atomic mass is 10.2. The molecule has 0 saturated carbocycles. The maximum absolute atomic E-state index is 13.8. The van der Waals surface area contributed by atoms with Gasteiger partial charge in [-0.05, 0) is 36.8 Å². The van der Waals surface area contributed by atoms with Crippen molar-refractivity contribution in [3.8, 4) is 5.69 Å². The predicted molar refractivity (Wildman–Crippen MR) is 80.8 cm³/mol. The van der Waals surface area contributed by atoms with Gasteiger partial charge in [0.05, 0.1) is 5.52 Å². The molecule has 0 aliphatic heterocycles. The van der Waals surface area contributed by atoms with Gasteiger partial charge in [0.2, 0.25) is 0 Å². The van der Waals surface area contributed by atoms with Gasteiger partial charge in [-0.1, -0.05) is 22.0 Å². The summed E-state index contributed by atoms with van der Waals surface area (Å²) in [6.07, 6.45) is 0. The van der Waals surface area contributed by atoms with Crippen LogP contribution in [0, 0.1) is 23.3 Å². The van der Waals surface area contributed by atoms with E-state index in [4.69, 9.17) is 12.2 Å². The Balaban J connectivity index is 2.38. The van der Waals surface area contributed by atoms with E-state index in [2.05, 4.69) is 20.9 Å². The number of nitrogens with one attached hydrogen (secondary N) is 1. The first kappa shape index (κ1) is 13.5. The van der Waals surface area contributed by atoms with Gasteiger partial charge in [-0.25, -0.2) is 8.78 Å². The Labute approximate surface area is 127 Å². The fourth-order valence-corrected chi connectivity index (χ4v) is 2.78. The molecule has 0 bridgehead atoms. The summed E-state index contributed by atoms with van der Waals surface area (Å²) in [5, 5.41) is 0. The van der Waals surface area contributed by atoms with Crippen LogP contribution in [0.1, 0.15) is 5.56 Å². The molecule has 0 spiro atoms. The maximum atomic E-state index is 13.8. The number of fused-ring (bicyclic) bond motifs is 1. The normalized spacial score (nSPS) is 11.2. The van der Waals surface area contributed by atoms with Crippen LogP contribution in [0.15, 0.2) is 34.8 Å². The Bertz CT molecular complexity index is 883. The molecule has 0 aliphatic carbocycles. The van der Waals surface area contributed by atoms with E-state index in [9.17, 15) is 8.78 Å². The number of nitrogens with zero attached hydrogens (tertiary/aromatic N) is 1. The van der Waals surface area contributed by atoms with Crippen molar-refractivity contribution < 1.29 is 8.78 Å². The zero-order chi connectivity index (χ0) is 14.4. The van der Waals surface area contributed by atoms with E-state index in [1.165, 1.54) is 6.07 Å². The molecule has 1 N–H and O–H groups in total. The Morgan fingerprint density at radius 1 is 1.20 bits per heavy atom. The molecule has 0 amide bonds. The standard InChI is InChI=1S/C14H9BrF2N2S/c1-7-2-3-9(6-10(7)15)19-12-5-8(16)4-11(17)13(12)18-14(19)20/h2-6H,1H3,(H,18,20). The average Bonchev–Trinajstić information content (AvgIpc) is 2.70. The van der Waals surface area contributed by atoms with Crippen molar-refractivity contribution in [2.75, 3.05) is 0 Å². The molecule has 2 aromatic carbocycles. The summed E-state index contributed by atoms with van der Waals surface area (Å²) >= 11 is 8.66. The van der Waals surface area contributed by atoms with Crippen LogP contribution in [0.3, 0.4) is 0 Å². The Morgan fingerprint density at radius 3 is 2.65 bits per heavy atom. The van der Waals surface area contributed by atoms with Gasteiger partial charge in [0.25, 0.3) is 0 Å². The van der Waals surface area contributed by atoms with Crippen molar-refractivity contribution in [3.63, 3.8) is 0 Å². The summed E-state index contributed by atoms with van der Waals surface area (Å²) < 4.78 is 30.0. The summed E-state index contributed by atoms with van der Waals surface area (Å²) in [7, 11) is 0. The molecule has 1 aromatic heterocycles. The number of hydrogen-bond acceptors (Lipinski definition) is 1. The molecule has 0 saturated heterocycles. The van der Waals surface area contributed by atoms with Crippen molar-refractivity contribution in [1.82, 2.24) is 9.55 Å². The highest BCUT2D eigenvalue weighted by Crippen LogP contribution is 2.26. The molecule has 0 aliphatic rings. The number of imidazole rings is 1. The topological polar surface area (TPSA) is 20.7 Å². The number of hydrogen-bond donors (Lipinski definition) is 1. The van der Waals surface area contributed by atoms with Crippen molar-refractivity contribution in [3.05, 3.63) is 56.8 Å². The van der Waals surface area contributed by atoms with Crippen LogP contribution in [0.5, 0.6) is 0 Å². The molecule has 102 valence electrons. The quantitative estimate of drug-likeness (QED) is 0.607. The third-order valence-corrected chi connectivity index (χ3v) is 4.26. The van der Waals surface area contributed by atoms with E-state index in [0.29, 0.717) is 10.3 Å². The van der Waals surface area contributed by atoms with E-state index in [0.717, 1.165) is 21.8 Å². The van der Waals surface area contributed by atoms with Crippen LogP contribution in [0.25, 0.3) is 16.7 Å². The Hall–Kier alpha value is -1.53.